The Morgan fingerprint density at radius 3 is 3.05 bits per heavy atom. The highest BCUT2D eigenvalue weighted by molar-refractivity contribution is 7.99. The van der Waals surface area contributed by atoms with Crippen LogP contribution in [0.25, 0.3) is 0 Å². The van der Waals surface area contributed by atoms with Crippen LogP contribution in [0.4, 0.5) is 0 Å². The highest BCUT2D eigenvalue weighted by atomic mass is 32.2. The smallest absolute Gasteiger partial charge is 0.0596 e. The van der Waals surface area contributed by atoms with E-state index in [0.717, 1.165) is 24.4 Å². The fourth-order valence-electron chi connectivity index (χ4n) is 2.96. The van der Waals surface area contributed by atoms with Gasteiger partial charge in [-0.15, -0.1) is 11.8 Å². The van der Waals surface area contributed by atoms with Crippen LogP contribution in [0.3, 0.4) is 0 Å². The number of aryl methyl sites for hydroxylation is 2. The summed E-state index contributed by atoms with van der Waals surface area (Å²) < 4.78 is 2.07. The van der Waals surface area contributed by atoms with Gasteiger partial charge in [-0.05, 0) is 31.5 Å². The quantitative estimate of drug-likeness (QED) is 0.940. The molecule has 106 valence electrons. The lowest BCUT2D eigenvalue weighted by Crippen LogP contribution is -2.31. The Morgan fingerprint density at radius 2 is 2.25 bits per heavy atom. The molecule has 0 spiro atoms. The molecule has 2 aromatic rings. The fourth-order valence-corrected chi connectivity index (χ4v) is 4.31. The molecule has 0 fully saturated rings. The van der Waals surface area contributed by atoms with E-state index in [0.29, 0.717) is 5.92 Å². The molecular weight excluding hydrogens is 266 g/mol. The minimum Gasteiger partial charge on any atom is -0.327 e. The molecule has 2 atom stereocenters. The highest BCUT2D eigenvalue weighted by Crippen LogP contribution is 2.41. The van der Waals surface area contributed by atoms with Crippen LogP contribution in [0.2, 0.25) is 0 Å². The van der Waals surface area contributed by atoms with Gasteiger partial charge in [0.05, 0.1) is 5.69 Å². The molecule has 0 saturated heterocycles. The third-order valence-electron chi connectivity index (χ3n) is 3.98. The molecule has 0 aliphatic carbocycles. The van der Waals surface area contributed by atoms with Crippen LogP contribution < -0.4 is 5.73 Å². The van der Waals surface area contributed by atoms with Crippen molar-refractivity contribution >= 4 is 11.8 Å². The summed E-state index contributed by atoms with van der Waals surface area (Å²) in [7, 11) is 0. The van der Waals surface area contributed by atoms with E-state index < -0.39 is 0 Å². The number of thioether (sulfide) groups is 1. The van der Waals surface area contributed by atoms with E-state index in [2.05, 4.69) is 47.0 Å². The molecule has 1 aliphatic heterocycles. The SMILES string of the molecule is CCn1nc(C)cc1CC(N)C1CSc2ccccc21. The van der Waals surface area contributed by atoms with Gasteiger partial charge in [-0.2, -0.15) is 5.10 Å². The second kappa shape index (κ2) is 5.62. The van der Waals surface area contributed by atoms with Gasteiger partial charge < -0.3 is 5.73 Å². The monoisotopic (exact) mass is 287 g/mol. The molecule has 0 radical (unpaired) electrons. The van der Waals surface area contributed by atoms with Gasteiger partial charge in [-0.3, -0.25) is 4.68 Å². The maximum atomic E-state index is 6.50. The normalized spacial score (nSPS) is 19.1. The Labute approximate surface area is 124 Å². The molecule has 0 amide bonds. The molecule has 3 rings (SSSR count). The Kier molecular flexibility index (Phi) is 3.85. The van der Waals surface area contributed by atoms with Crippen LogP contribution in [0.1, 0.15) is 29.8 Å². The first-order valence-electron chi connectivity index (χ1n) is 7.19. The topological polar surface area (TPSA) is 43.8 Å². The van der Waals surface area contributed by atoms with Crippen LogP contribution in [0.5, 0.6) is 0 Å². The summed E-state index contributed by atoms with van der Waals surface area (Å²) in [5.74, 6) is 1.55. The Bertz CT molecular complexity index is 606. The molecule has 20 heavy (non-hydrogen) atoms. The molecule has 1 aliphatic rings. The summed E-state index contributed by atoms with van der Waals surface area (Å²) in [6, 6.07) is 11.0. The van der Waals surface area contributed by atoms with Crippen molar-refractivity contribution in [1.82, 2.24) is 9.78 Å². The fraction of sp³-hybridized carbons (Fsp3) is 0.438. The van der Waals surface area contributed by atoms with E-state index in [-0.39, 0.29) is 6.04 Å². The third kappa shape index (κ3) is 2.50. The number of hydrogen-bond acceptors (Lipinski definition) is 3. The minimum absolute atomic E-state index is 0.160. The Hall–Kier alpha value is -1.26. The van der Waals surface area contributed by atoms with E-state index in [9.17, 15) is 0 Å². The second-order valence-corrected chi connectivity index (χ2v) is 6.48. The molecule has 2 unspecified atom stereocenters. The molecule has 1 aromatic heterocycles. The molecule has 4 heteroatoms. The summed E-state index contributed by atoms with van der Waals surface area (Å²) in [4.78, 5) is 1.40. The second-order valence-electron chi connectivity index (χ2n) is 5.42. The van der Waals surface area contributed by atoms with Gasteiger partial charge in [-0.1, -0.05) is 18.2 Å². The molecule has 1 aromatic carbocycles. The standard InChI is InChI=1S/C16H21N3S/c1-3-19-12(8-11(2)18-19)9-15(17)14-10-20-16-7-5-4-6-13(14)16/h4-8,14-15H,3,9-10,17H2,1-2H3. The summed E-state index contributed by atoms with van der Waals surface area (Å²) in [6.07, 6.45) is 0.897. The predicted octanol–water partition coefficient (Wildman–Crippen LogP) is 2.97. The van der Waals surface area contributed by atoms with Crippen LogP contribution in [-0.4, -0.2) is 21.6 Å². The van der Waals surface area contributed by atoms with E-state index in [1.807, 2.05) is 18.7 Å². The van der Waals surface area contributed by atoms with Gasteiger partial charge in [0, 0.05) is 41.3 Å². The van der Waals surface area contributed by atoms with E-state index in [4.69, 9.17) is 5.73 Å². The van der Waals surface area contributed by atoms with Crippen molar-refractivity contribution in [3.05, 3.63) is 47.3 Å². The van der Waals surface area contributed by atoms with Crippen LogP contribution in [0, 0.1) is 6.92 Å². The van der Waals surface area contributed by atoms with Crippen molar-refractivity contribution in [3.63, 3.8) is 0 Å². The molecule has 2 N–H and O–H groups in total. The molecule has 0 bridgehead atoms. The first kappa shape index (κ1) is 13.7. The van der Waals surface area contributed by atoms with Crippen molar-refractivity contribution < 1.29 is 0 Å². The highest BCUT2D eigenvalue weighted by Gasteiger charge is 2.28. The molecule has 2 heterocycles. The maximum Gasteiger partial charge on any atom is 0.0596 e. The van der Waals surface area contributed by atoms with Crippen LogP contribution in [-0.2, 0) is 13.0 Å². The summed E-state index contributed by atoms with van der Waals surface area (Å²) in [5.41, 5.74) is 10.3. The predicted molar refractivity (Wildman–Crippen MR) is 84.2 cm³/mol. The number of hydrogen-bond donors (Lipinski definition) is 1. The number of rotatable bonds is 4. The van der Waals surface area contributed by atoms with Gasteiger partial charge in [0.2, 0.25) is 0 Å². The number of fused-ring (bicyclic) bond motifs is 1. The Morgan fingerprint density at radius 1 is 1.45 bits per heavy atom. The number of benzene rings is 1. The number of nitrogens with zero attached hydrogens (tertiary/aromatic N) is 2. The molecular formula is C16H21N3S. The zero-order chi connectivity index (χ0) is 14.1. The van der Waals surface area contributed by atoms with Gasteiger partial charge in [0.25, 0.3) is 0 Å². The molecule has 3 nitrogen and oxygen atoms in total. The van der Waals surface area contributed by atoms with Crippen molar-refractivity contribution in [1.29, 1.82) is 0 Å². The number of aromatic nitrogens is 2. The number of nitrogens with two attached hydrogens (primary N) is 1. The van der Waals surface area contributed by atoms with E-state index in [1.54, 1.807) is 0 Å². The van der Waals surface area contributed by atoms with Gasteiger partial charge >= 0.3 is 0 Å². The lowest BCUT2D eigenvalue weighted by molar-refractivity contribution is 0.531. The average molecular weight is 287 g/mol. The van der Waals surface area contributed by atoms with E-state index in [1.165, 1.54) is 16.2 Å². The zero-order valence-corrected chi connectivity index (χ0v) is 12.9. The third-order valence-corrected chi connectivity index (χ3v) is 5.19. The van der Waals surface area contributed by atoms with Crippen molar-refractivity contribution in [2.45, 2.75) is 43.7 Å². The lowest BCUT2D eigenvalue weighted by atomic mass is 9.91. The largest absolute Gasteiger partial charge is 0.327 e. The summed E-state index contributed by atoms with van der Waals surface area (Å²) in [5, 5.41) is 4.51. The van der Waals surface area contributed by atoms with Crippen molar-refractivity contribution in [2.75, 3.05) is 5.75 Å². The van der Waals surface area contributed by atoms with Gasteiger partial charge in [0.1, 0.15) is 0 Å². The first-order chi connectivity index (χ1) is 9.69. The van der Waals surface area contributed by atoms with Crippen LogP contribution >= 0.6 is 11.8 Å². The van der Waals surface area contributed by atoms with Crippen LogP contribution in [0.15, 0.2) is 35.2 Å². The first-order valence-corrected chi connectivity index (χ1v) is 8.18. The zero-order valence-electron chi connectivity index (χ0n) is 12.0. The van der Waals surface area contributed by atoms with Gasteiger partial charge in [0.15, 0.2) is 0 Å². The molecule has 0 saturated carbocycles. The van der Waals surface area contributed by atoms with Crippen molar-refractivity contribution in [2.24, 2.45) is 5.73 Å². The van der Waals surface area contributed by atoms with Gasteiger partial charge in [-0.25, -0.2) is 0 Å². The summed E-state index contributed by atoms with van der Waals surface area (Å²) in [6.45, 7) is 5.08. The average Bonchev–Trinajstić information content (AvgIpc) is 3.02. The lowest BCUT2D eigenvalue weighted by Gasteiger charge is -2.20. The van der Waals surface area contributed by atoms with E-state index >= 15 is 0 Å². The summed E-state index contributed by atoms with van der Waals surface area (Å²) >= 11 is 1.93. The minimum atomic E-state index is 0.160. The Balaban J connectivity index is 1.79. The van der Waals surface area contributed by atoms with Crippen molar-refractivity contribution in [3.8, 4) is 0 Å². The maximum absolute atomic E-state index is 6.50.